The van der Waals surface area contributed by atoms with Crippen LogP contribution in [0.4, 0.5) is 4.79 Å². The Balaban J connectivity index is 3.27. The van der Waals surface area contributed by atoms with Gasteiger partial charge in [-0.15, -0.1) is 5.92 Å². The summed E-state index contributed by atoms with van der Waals surface area (Å²) in [6.45, 7) is 1.31. The van der Waals surface area contributed by atoms with E-state index in [-0.39, 0.29) is 6.54 Å². The molecule has 0 bridgehead atoms. The van der Waals surface area contributed by atoms with Crippen LogP contribution in [0.15, 0.2) is 0 Å². The third-order valence-electron chi connectivity index (χ3n) is 0.694. The lowest BCUT2D eigenvalue weighted by Gasteiger charge is -1.98. The molecular weight excluding hydrogens is 134 g/mol. The van der Waals surface area contributed by atoms with E-state index in [0.29, 0.717) is 0 Å². The maximum Gasteiger partial charge on any atom is 0.410 e. The normalized spacial score (nSPS) is 7.40. The predicted octanol–water partition coefficient (Wildman–Crippen LogP) is -0.314. The summed E-state index contributed by atoms with van der Waals surface area (Å²) in [4.78, 5) is 10.4. The van der Waals surface area contributed by atoms with Gasteiger partial charge in [-0.05, 0) is 6.92 Å². The highest BCUT2D eigenvalue weighted by Crippen LogP contribution is 1.71. The van der Waals surface area contributed by atoms with Crippen LogP contribution < -0.4 is 5.32 Å². The van der Waals surface area contributed by atoms with Crippen LogP contribution in [0.3, 0.4) is 0 Å². The van der Waals surface area contributed by atoms with Crippen molar-refractivity contribution in [1.82, 2.24) is 5.32 Å². The van der Waals surface area contributed by atoms with Crippen molar-refractivity contribution in [3.05, 3.63) is 0 Å². The molecule has 0 aliphatic rings. The third-order valence-corrected chi connectivity index (χ3v) is 0.694. The summed E-state index contributed by atoms with van der Waals surface area (Å²) in [6, 6.07) is 0. The molecule has 0 unspecified atom stereocenters. The lowest BCUT2D eigenvalue weighted by Crippen LogP contribution is -2.24. The lowest BCUT2D eigenvalue weighted by molar-refractivity contribution is 0.0450. The molecule has 0 aliphatic carbocycles. The molecule has 0 aromatic rings. The topological polar surface area (TPSA) is 58.6 Å². The molecule has 0 aliphatic heterocycles. The zero-order chi connectivity index (χ0) is 7.82. The standard InChI is InChI=1S/C6H9NO3/c1-2-3-4-7-6(9)10-5-8/h8H,4-5H2,1H3,(H,7,9). The highest BCUT2D eigenvalue weighted by Gasteiger charge is 1.94. The van der Waals surface area contributed by atoms with E-state index >= 15 is 0 Å². The number of carbonyl (C=O) groups is 1. The van der Waals surface area contributed by atoms with Crippen LogP contribution in [-0.4, -0.2) is 24.5 Å². The van der Waals surface area contributed by atoms with Gasteiger partial charge in [0, 0.05) is 0 Å². The Morgan fingerprint density at radius 2 is 2.50 bits per heavy atom. The fourth-order valence-electron chi connectivity index (χ4n) is 0.314. The molecule has 0 atom stereocenters. The molecular formula is C6H9NO3. The van der Waals surface area contributed by atoms with Crippen molar-refractivity contribution in [1.29, 1.82) is 0 Å². The van der Waals surface area contributed by atoms with Crippen molar-refractivity contribution in [2.75, 3.05) is 13.3 Å². The number of nitrogens with one attached hydrogen (secondary N) is 1. The summed E-state index contributed by atoms with van der Waals surface area (Å²) in [5.41, 5.74) is 0. The quantitative estimate of drug-likeness (QED) is 0.411. The Hall–Kier alpha value is -1.21. The van der Waals surface area contributed by atoms with Crippen molar-refractivity contribution in [2.24, 2.45) is 0 Å². The van der Waals surface area contributed by atoms with Crippen molar-refractivity contribution in [3.8, 4) is 11.8 Å². The van der Waals surface area contributed by atoms with Crippen LogP contribution >= 0.6 is 0 Å². The average Bonchev–Trinajstić information content (AvgIpc) is 1.89. The Morgan fingerprint density at radius 3 is 3.00 bits per heavy atom. The molecule has 0 radical (unpaired) electrons. The lowest BCUT2D eigenvalue weighted by atomic mass is 10.6. The van der Waals surface area contributed by atoms with E-state index in [1.807, 2.05) is 0 Å². The second-order valence-electron chi connectivity index (χ2n) is 1.34. The SMILES string of the molecule is CC#CCNC(=O)OCO. The first-order valence-corrected chi connectivity index (χ1v) is 2.72. The number of aliphatic hydroxyl groups excluding tert-OH is 1. The van der Waals surface area contributed by atoms with Crippen LogP contribution in [0.25, 0.3) is 0 Å². The van der Waals surface area contributed by atoms with Gasteiger partial charge in [0.2, 0.25) is 0 Å². The smallest absolute Gasteiger partial charge is 0.410 e. The van der Waals surface area contributed by atoms with Crippen molar-refractivity contribution >= 4 is 6.09 Å². The number of alkyl carbamates (subject to hydrolysis) is 1. The van der Waals surface area contributed by atoms with E-state index in [1.54, 1.807) is 6.92 Å². The van der Waals surface area contributed by atoms with Gasteiger partial charge < -0.3 is 15.2 Å². The number of amides is 1. The first-order chi connectivity index (χ1) is 4.81. The summed E-state index contributed by atoms with van der Waals surface area (Å²) < 4.78 is 4.13. The second-order valence-corrected chi connectivity index (χ2v) is 1.34. The summed E-state index contributed by atoms with van der Waals surface area (Å²) in [7, 11) is 0. The van der Waals surface area contributed by atoms with E-state index in [0.717, 1.165) is 0 Å². The Labute approximate surface area is 59.2 Å². The first-order valence-electron chi connectivity index (χ1n) is 2.72. The summed E-state index contributed by atoms with van der Waals surface area (Å²) >= 11 is 0. The van der Waals surface area contributed by atoms with E-state index in [1.165, 1.54) is 0 Å². The second kappa shape index (κ2) is 5.92. The molecule has 4 nitrogen and oxygen atoms in total. The Kier molecular flexibility index (Phi) is 5.20. The molecule has 0 saturated heterocycles. The molecule has 2 N–H and O–H groups in total. The van der Waals surface area contributed by atoms with Crippen molar-refractivity contribution < 1.29 is 14.6 Å². The van der Waals surface area contributed by atoms with Gasteiger partial charge in [-0.25, -0.2) is 4.79 Å². The summed E-state index contributed by atoms with van der Waals surface area (Å²) in [6.07, 6.45) is -0.662. The Bertz CT molecular complexity index is 156. The molecule has 0 saturated carbocycles. The number of ether oxygens (including phenoxy) is 1. The molecule has 0 rings (SSSR count). The molecule has 0 aromatic carbocycles. The molecule has 1 amide bonds. The highest BCUT2D eigenvalue weighted by molar-refractivity contribution is 5.67. The zero-order valence-corrected chi connectivity index (χ0v) is 5.68. The van der Waals surface area contributed by atoms with Crippen LogP contribution in [0, 0.1) is 11.8 Å². The van der Waals surface area contributed by atoms with Gasteiger partial charge in [-0.3, -0.25) is 0 Å². The summed E-state index contributed by atoms with van der Waals surface area (Å²) in [5, 5.41) is 10.4. The third kappa shape index (κ3) is 4.94. The first kappa shape index (κ1) is 8.79. The zero-order valence-electron chi connectivity index (χ0n) is 5.68. The number of hydrogen-bond acceptors (Lipinski definition) is 3. The van der Waals surface area contributed by atoms with Gasteiger partial charge in [0.1, 0.15) is 0 Å². The van der Waals surface area contributed by atoms with E-state index < -0.39 is 12.9 Å². The van der Waals surface area contributed by atoms with Crippen molar-refractivity contribution in [2.45, 2.75) is 6.92 Å². The van der Waals surface area contributed by atoms with Gasteiger partial charge in [0.15, 0.2) is 6.79 Å². The van der Waals surface area contributed by atoms with Gasteiger partial charge in [-0.2, -0.15) is 0 Å². The van der Waals surface area contributed by atoms with Crippen LogP contribution in [-0.2, 0) is 4.74 Å². The van der Waals surface area contributed by atoms with Gasteiger partial charge in [-0.1, -0.05) is 5.92 Å². The number of carbonyl (C=O) groups excluding carboxylic acids is 1. The van der Waals surface area contributed by atoms with E-state index in [4.69, 9.17) is 5.11 Å². The van der Waals surface area contributed by atoms with E-state index in [9.17, 15) is 4.79 Å². The van der Waals surface area contributed by atoms with Gasteiger partial charge >= 0.3 is 6.09 Å². The molecule has 0 fully saturated rings. The maximum absolute atomic E-state index is 10.4. The Morgan fingerprint density at radius 1 is 1.80 bits per heavy atom. The van der Waals surface area contributed by atoms with Crippen LogP contribution in [0.5, 0.6) is 0 Å². The minimum atomic E-state index is -0.662. The summed E-state index contributed by atoms with van der Waals surface area (Å²) in [5.74, 6) is 5.18. The fraction of sp³-hybridized carbons (Fsp3) is 0.500. The minimum absolute atomic E-state index is 0.245. The fourth-order valence-corrected chi connectivity index (χ4v) is 0.314. The van der Waals surface area contributed by atoms with Crippen molar-refractivity contribution in [3.63, 3.8) is 0 Å². The van der Waals surface area contributed by atoms with Crippen LogP contribution in [0.1, 0.15) is 6.92 Å². The number of rotatable bonds is 2. The largest absolute Gasteiger partial charge is 0.423 e. The average molecular weight is 143 g/mol. The van der Waals surface area contributed by atoms with E-state index in [2.05, 4.69) is 21.9 Å². The molecule has 0 aromatic heterocycles. The number of aliphatic hydroxyl groups is 1. The van der Waals surface area contributed by atoms with Gasteiger partial charge in [0.25, 0.3) is 0 Å². The maximum atomic E-state index is 10.4. The van der Waals surface area contributed by atoms with Gasteiger partial charge in [0.05, 0.1) is 6.54 Å². The number of hydrogen-bond donors (Lipinski definition) is 2. The molecule has 56 valence electrons. The minimum Gasteiger partial charge on any atom is -0.423 e. The monoisotopic (exact) mass is 143 g/mol. The molecule has 0 heterocycles. The molecule has 10 heavy (non-hydrogen) atoms. The predicted molar refractivity (Wildman–Crippen MR) is 35.0 cm³/mol. The molecule has 0 spiro atoms. The molecule has 4 heteroatoms. The highest BCUT2D eigenvalue weighted by atomic mass is 16.6. The van der Waals surface area contributed by atoms with Crippen LogP contribution in [0.2, 0.25) is 0 Å².